The highest BCUT2D eigenvalue weighted by molar-refractivity contribution is 7.13. The van der Waals surface area contributed by atoms with E-state index in [1.807, 2.05) is 23.6 Å². The molecule has 4 aromatic rings. The Morgan fingerprint density at radius 2 is 1.87 bits per heavy atom. The van der Waals surface area contributed by atoms with Gasteiger partial charge in [0.1, 0.15) is 5.82 Å². The molecule has 0 bridgehead atoms. The Balaban J connectivity index is 1.37. The number of aromatic nitrogens is 2. The second kappa shape index (κ2) is 8.71. The summed E-state index contributed by atoms with van der Waals surface area (Å²) in [5, 5.41) is 14.4. The topological polar surface area (TPSA) is 86.9 Å². The monoisotopic (exact) mass is 420 g/mol. The van der Waals surface area contributed by atoms with Crippen LogP contribution < -0.4 is 10.6 Å². The molecule has 0 saturated heterocycles. The average molecular weight is 420 g/mol. The van der Waals surface area contributed by atoms with Crippen LogP contribution in [0.3, 0.4) is 0 Å². The second-order valence-corrected chi connectivity index (χ2v) is 7.44. The van der Waals surface area contributed by atoms with Crippen molar-refractivity contribution in [2.75, 3.05) is 5.32 Å². The number of carbonyl (C=O) groups excluding carboxylic acids is 2. The van der Waals surface area contributed by atoms with E-state index in [1.165, 1.54) is 24.3 Å². The molecule has 150 valence electrons. The standard InChI is InChI=1S/C22H17FN4O2S/c23-16-6-2-5-15(11-16)21(28)25-17-7-1-4-14(10-17)13-24-22(29)19-12-18(26-27-19)20-8-3-9-30-20/h1-12H,13H2,(H,24,29)(H,25,28)(H,26,27). The molecule has 3 N–H and O–H groups in total. The van der Waals surface area contributed by atoms with Gasteiger partial charge in [0.25, 0.3) is 11.8 Å². The first-order valence-corrected chi connectivity index (χ1v) is 10.00. The first kappa shape index (κ1) is 19.5. The second-order valence-electron chi connectivity index (χ2n) is 6.49. The van der Waals surface area contributed by atoms with Crippen molar-refractivity contribution in [3.63, 3.8) is 0 Å². The smallest absolute Gasteiger partial charge is 0.272 e. The predicted octanol–water partition coefficient (Wildman–Crippen LogP) is 4.46. The summed E-state index contributed by atoms with van der Waals surface area (Å²) in [4.78, 5) is 25.7. The van der Waals surface area contributed by atoms with Crippen molar-refractivity contribution >= 4 is 28.8 Å². The summed E-state index contributed by atoms with van der Waals surface area (Å²) in [6, 6.07) is 18.1. The Labute approximate surface area is 175 Å². The van der Waals surface area contributed by atoms with Crippen molar-refractivity contribution in [2.24, 2.45) is 0 Å². The molecule has 8 heteroatoms. The number of hydrogen-bond donors (Lipinski definition) is 3. The lowest BCUT2D eigenvalue weighted by molar-refractivity contribution is 0.0945. The summed E-state index contributed by atoms with van der Waals surface area (Å²) in [5.41, 5.74) is 2.67. The van der Waals surface area contributed by atoms with E-state index in [9.17, 15) is 14.0 Å². The summed E-state index contributed by atoms with van der Waals surface area (Å²) < 4.78 is 13.3. The highest BCUT2D eigenvalue weighted by Gasteiger charge is 2.12. The molecule has 0 radical (unpaired) electrons. The van der Waals surface area contributed by atoms with Crippen molar-refractivity contribution in [3.05, 3.63) is 94.7 Å². The minimum atomic E-state index is -0.472. The molecule has 4 rings (SSSR count). The van der Waals surface area contributed by atoms with Gasteiger partial charge in [-0.3, -0.25) is 14.7 Å². The van der Waals surface area contributed by atoms with Gasteiger partial charge in [0.15, 0.2) is 5.69 Å². The van der Waals surface area contributed by atoms with E-state index < -0.39 is 11.7 Å². The van der Waals surface area contributed by atoms with Gasteiger partial charge in [-0.2, -0.15) is 5.10 Å². The van der Waals surface area contributed by atoms with Crippen molar-refractivity contribution in [2.45, 2.75) is 6.54 Å². The van der Waals surface area contributed by atoms with Gasteiger partial charge in [0.2, 0.25) is 0 Å². The molecule has 2 amide bonds. The van der Waals surface area contributed by atoms with Crippen LogP contribution in [0.4, 0.5) is 10.1 Å². The Kier molecular flexibility index (Phi) is 5.67. The maximum absolute atomic E-state index is 13.3. The molecular formula is C22H17FN4O2S. The number of rotatable bonds is 6. The van der Waals surface area contributed by atoms with Crippen LogP contribution in [-0.4, -0.2) is 22.0 Å². The third kappa shape index (κ3) is 4.61. The van der Waals surface area contributed by atoms with Crippen LogP contribution in [0.1, 0.15) is 26.4 Å². The minimum Gasteiger partial charge on any atom is -0.347 e. The molecule has 0 atom stereocenters. The molecule has 0 aliphatic heterocycles. The molecular weight excluding hydrogens is 403 g/mol. The van der Waals surface area contributed by atoms with Crippen LogP contribution in [0.5, 0.6) is 0 Å². The number of carbonyl (C=O) groups is 2. The van der Waals surface area contributed by atoms with Gasteiger partial charge in [-0.15, -0.1) is 11.3 Å². The van der Waals surface area contributed by atoms with Crippen molar-refractivity contribution < 1.29 is 14.0 Å². The van der Waals surface area contributed by atoms with Crippen LogP contribution in [0.15, 0.2) is 72.1 Å². The number of hydrogen-bond acceptors (Lipinski definition) is 4. The van der Waals surface area contributed by atoms with Crippen LogP contribution in [0.2, 0.25) is 0 Å². The Morgan fingerprint density at radius 3 is 2.67 bits per heavy atom. The number of H-pyrrole nitrogens is 1. The lowest BCUT2D eigenvalue weighted by Gasteiger charge is -2.08. The fourth-order valence-electron chi connectivity index (χ4n) is 2.86. The van der Waals surface area contributed by atoms with E-state index in [1.54, 1.807) is 35.6 Å². The Hall–Kier alpha value is -3.78. The molecule has 2 aromatic carbocycles. The largest absolute Gasteiger partial charge is 0.347 e. The molecule has 2 heterocycles. The maximum atomic E-state index is 13.3. The quantitative estimate of drug-likeness (QED) is 0.430. The first-order valence-electron chi connectivity index (χ1n) is 9.12. The first-order chi connectivity index (χ1) is 14.6. The molecule has 0 unspecified atom stereocenters. The van der Waals surface area contributed by atoms with Gasteiger partial charge in [-0.25, -0.2) is 4.39 Å². The molecule has 6 nitrogen and oxygen atoms in total. The van der Waals surface area contributed by atoms with Crippen LogP contribution in [0.25, 0.3) is 10.6 Å². The van der Waals surface area contributed by atoms with E-state index in [-0.39, 0.29) is 18.0 Å². The lowest BCUT2D eigenvalue weighted by atomic mass is 10.1. The highest BCUT2D eigenvalue weighted by Crippen LogP contribution is 2.23. The summed E-state index contributed by atoms with van der Waals surface area (Å²) in [6.45, 7) is 0.268. The molecule has 0 aliphatic carbocycles. The molecule has 30 heavy (non-hydrogen) atoms. The number of nitrogens with one attached hydrogen (secondary N) is 3. The van der Waals surface area contributed by atoms with E-state index in [4.69, 9.17) is 0 Å². The number of nitrogens with zero attached hydrogens (tertiary/aromatic N) is 1. The third-order valence-corrected chi connectivity index (χ3v) is 5.23. The van der Waals surface area contributed by atoms with Crippen LogP contribution in [-0.2, 0) is 6.54 Å². The zero-order valence-corrected chi connectivity index (χ0v) is 16.5. The van der Waals surface area contributed by atoms with Gasteiger partial charge >= 0.3 is 0 Å². The van der Waals surface area contributed by atoms with Crippen molar-refractivity contribution in [1.29, 1.82) is 0 Å². The van der Waals surface area contributed by atoms with Crippen molar-refractivity contribution in [3.8, 4) is 10.6 Å². The number of thiophene rings is 1. The van der Waals surface area contributed by atoms with Gasteiger partial charge in [0.05, 0.1) is 10.6 Å². The fraction of sp³-hybridized carbons (Fsp3) is 0.0455. The van der Waals surface area contributed by atoms with Gasteiger partial charge in [-0.05, 0) is 53.4 Å². The Morgan fingerprint density at radius 1 is 1.00 bits per heavy atom. The van der Waals surface area contributed by atoms with Crippen LogP contribution in [0, 0.1) is 5.82 Å². The van der Waals surface area contributed by atoms with E-state index in [2.05, 4.69) is 20.8 Å². The number of anilines is 1. The summed E-state index contributed by atoms with van der Waals surface area (Å²) in [5.74, 6) is -1.18. The molecule has 2 aromatic heterocycles. The van der Waals surface area contributed by atoms with Gasteiger partial charge < -0.3 is 10.6 Å². The number of halogens is 1. The van der Waals surface area contributed by atoms with E-state index >= 15 is 0 Å². The zero-order valence-electron chi connectivity index (χ0n) is 15.7. The normalized spacial score (nSPS) is 10.6. The molecule has 0 fully saturated rings. The predicted molar refractivity (Wildman–Crippen MR) is 114 cm³/mol. The highest BCUT2D eigenvalue weighted by atomic mass is 32.1. The summed E-state index contributed by atoms with van der Waals surface area (Å²) in [6.07, 6.45) is 0. The van der Waals surface area contributed by atoms with E-state index in [0.717, 1.165) is 16.1 Å². The maximum Gasteiger partial charge on any atom is 0.272 e. The van der Waals surface area contributed by atoms with E-state index in [0.29, 0.717) is 11.4 Å². The number of amides is 2. The summed E-state index contributed by atoms with van der Waals surface area (Å²) in [7, 11) is 0. The number of aromatic amines is 1. The third-order valence-electron chi connectivity index (χ3n) is 4.32. The van der Waals surface area contributed by atoms with Gasteiger partial charge in [0, 0.05) is 17.8 Å². The molecule has 0 aliphatic rings. The van der Waals surface area contributed by atoms with Crippen LogP contribution >= 0.6 is 11.3 Å². The minimum absolute atomic E-state index is 0.230. The summed E-state index contributed by atoms with van der Waals surface area (Å²) >= 11 is 1.56. The van der Waals surface area contributed by atoms with Gasteiger partial charge in [-0.1, -0.05) is 24.3 Å². The lowest BCUT2D eigenvalue weighted by Crippen LogP contribution is -2.23. The molecule has 0 spiro atoms. The SMILES string of the molecule is O=C(Nc1cccc(CNC(=O)c2cc(-c3cccs3)[nH]n2)c1)c1cccc(F)c1. The fourth-order valence-corrected chi connectivity index (χ4v) is 3.55. The Bertz CT molecular complexity index is 1190. The average Bonchev–Trinajstić information content (AvgIpc) is 3.44. The zero-order chi connectivity index (χ0) is 20.9. The van der Waals surface area contributed by atoms with Crippen molar-refractivity contribution in [1.82, 2.24) is 15.5 Å². The number of benzene rings is 2. The molecule has 0 saturated carbocycles.